The lowest BCUT2D eigenvalue weighted by Crippen LogP contribution is -2.62. The molecular formula is C42H64N6O7. The van der Waals surface area contributed by atoms with Crippen LogP contribution >= 0.6 is 0 Å². The molecule has 55 heavy (non-hydrogen) atoms. The maximum absolute atomic E-state index is 15.0. The van der Waals surface area contributed by atoms with E-state index >= 15 is 4.79 Å². The first-order valence-electron chi connectivity index (χ1n) is 20.9. The van der Waals surface area contributed by atoms with Gasteiger partial charge in [-0.15, -0.1) is 6.58 Å². The Bertz CT molecular complexity index is 1530. The Morgan fingerprint density at radius 2 is 1.55 bits per heavy atom. The van der Waals surface area contributed by atoms with Crippen molar-refractivity contribution in [1.82, 2.24) is 31.1 Å². The van der Waals surface area contributed by atoms with Crippen LogP contribution in [0.2, 0.25) is 0 Å². The smallest absolute Gasteiger partial charge is 0.315 e. The van der Waals surface area contributed by atoms with Crippen LogP contribution in [0.25, 0.3) is 0 Å². The van der Waals surface area contributed by atoms with Crippen LogP contribution in [0.3, 0.4) is 0 Å². The normalized spacial score (nSPS) is 27.5. The van der Waals surface area contributed by atoms with Gasteiger partial charge in [-0.2, -0.15) is 0 Å². The third kappa shape index (κ3) is 9.28. The summed E-state index contributed by atoms with van der Waals surface area (Å²) >= 11 is 0. The van der Waals surface area contributed by atoms with Gasteiger partial charge in [0.2, 0.25) is 29.4 Å². The standard InChI is InChI=1S/C42H64N6O7/c1-7-19-43-37(53)35(51)29(20-25-13-14-25)44-36(52)34-27-15-16-42(17-18-42)28(27)23-48(34)38(54)33(26-11-9-8-10-12-26)46-39(55)45-30(40(2,3)4)24-47-31(49)21-41(5,6)22-32(47)50/h7,25-30,33-34H,1,8-24H2,2-6H3,(H,43,53)(H,44,52)(H2,45,46,55)/t27-,28-,29?,30+,33-,34-/m0/s1. The van der Waals surface area contributed by atoms with E-state index in [2.05, 4.69) is 27.8 Å². The number of ketones is 1. The van der Waals surface area contributed by atoms with Crippen molar-refractivity contribution in [1.29, 1.82) is 0 Å². The maximum Gasteiger partial charge on any atom is 0.315 e. The molecule has 4 saturated carbocycles. The number of carbonyl (C=O) groups is 7. The summed E-state index contributed by atoms with van der Waals surface area (Å²) in [4.78, 5) is 98.8. The summed E-state index contributed by atoms with van der Waals surface area (Å²) in [5.41, 5.74) is -0.827. The number of rotatable bonds is 14. The highest BCUT2D eigenvalue weighted by atomic mass is 16.2. The fraction of sp³-hybridized carbons (Fsp3) is 0.786. The van der Waals surface area contributed by atoms with E-state index in [4.69, 9.17) is 0 Å². The molecule has 304 valence electrons. The van der Waals surface area contributed by atoms with Crippen molar-refractivity contribution in [3.8, 4) is 0 Å². The van der Waals surface area contributed by atoms with E-state index in [1.807, 2.05) is 34.6 Å². The minimum Gasteiger partial charge on any atom is -0.346 e. The summed E-state index contributed by atoms with van der Waals surface area (Å²) in [6, 6.07) is -3.84. The summed E-state index contributed by atoms with van der Waals surface area (Å²) in [6.45, 7) is 13.8. The lowest BCUT2D eigenvalue weighted by atomic mass is 9.80. The van der Waals surface area contributed by atoms with E-state index in [1.165, 1.54) is 11.0 Å². The van der Waals surface area contributed by atoms with Gasteiger partial charge >= 0.3 is 6.03 Å². The number of piperidine rings is 1. The number of likely N-dealkylation sites (tertiary alicyclic amines) is 2. The largest absolute Gasteiger partial charge is 0.346 e. The minimum absolute atomic E-state index is 0.0267. The Kier molecular flexibility index (Phi) is 11.9. The number of nitrogens with zero attached hydrogens (tertiary/aromatic N) is 2. The van der Waals surface area contributed by atoms with Gasteiger partial charge in [0.15, 0.2) is 0 Å². The van der Waals surface area contributed by atoms with Gasteiger partial charge in [-0.1, -0.05) is 72.8 Å². The molecule has 13 heteroatoms. The number of imide groups is 1. The number of urea groups is 1. The van der Waals surface area contributed by atoms with Crippen LogP contribution in [-0.2, 0) is 28.8 Å². The average molecular weight is 765 g/mol. The number of amides is 7. The molecule has 0 aromatic rings. The predicted octanol–water partition coefficient (Wildman–Crippen LogP) is 4.00. The molecule has 6 fully saturated rings. The molecule has 1 spiro atoms. The molecule has 6 aliphatic rings. The Hall–Kier alpha value is -3.77. The molecule has 13 nitrogen and oxygen atoms in total. The van der Waals surface area contributed by atoms with Crippen molar-refractivity contribution in [2.75, 3.05) is 19.6 Å². The van der Waals surface area contributed by atoms with Crippen LogP contribution in [0.1, 0.15) is 125 Å². The Labute approximate surface area is 326 Å². The molecule has 2 saturated heterocycles. The number of fused-ring (bicyclic) bond motifs is 2. The lowest BCUT2D eigenvalue weighted by molar-refractivity contribution is -0.153. The zero-order valence-electron chi connectivity index (χ0n) is 33.7. The van der Waals surface area contributed by atoms with E-state index in [9.17, 15) is 28.8 Å². The fourth-order valence-electron chi connectivity index (χ4n) is 9.99. The molecule has 7 amide bonds. The van der Waals surface area contributed by atoms with Crippen LogP contribution in [0.4, 0.5) is 4.79 Å². The van der Waals surface area contributed by atoms with Crippen LogP contribution < -0.4 is 21.3 Å². The number of carbonyl (C=O) groups excluding carboxylic acids is 7. The molecule has 4 N–H and O–H groups in total. The quantitative estimate of drug-likeness (QED) is 0.118. The number of hydrogen-bond donors (Lipinski definition) is 4. The highest BCUT2D eigenvalue weighted by Crippen LogP contribution is 2.66. The summed E-state index contributed by atoms with van der Waals surface area (Å²) in [7, 11) is 0. The van der Waals surface area contributed by atoms with Crippen molar-refractivity contribution in [3.05, 3.63) is 12.7 Å². The molecule has 2 aliphatic heterocycles. The Morgan fingerprint density at radius 1 is 0.891 bits per heavy atom. The molecule has 0 radical (unpaired) electrons. The molecule has 6 atom stereocenters. The van der Waals surface area contributed by atoms with E-state index in [0.717, 1.165) is 70.6 Å². The van der Waals surface area contributed by atoms with Gasteiger partial charge in [0.1, 0.15) is 12.1 Å². The van der Waals surface area contributed by atoms with Gasteiger partial charge in [-0.3, -0.25) is 33.7 Å². The van der Waals surface area contributed by atoms with Crippen molar-refractivity contribution in [2.45, 2.75) is 149 Å². The fourth-order valence-corrected chi connectivity index (χ4v) is 9.99. The number of Topliss-reactive ketones (excluding diaryl/α,β-unsaturated/α-hetero) is 1. The van der Waals surface area contributed by atoms with Gasteiger partial charge in [0, 0.05) is 32.5 Å². The van der Waals surface area contributed by atoms with Gasteiger partial charge in [-0.25, -0.2) is 4.79 Å². The van der Waals surface area contributed by atoms with Crippen molar-refractivity contribution >= 4 is 41.4 Å². The molecule has 6 rings (SSSR count). The zero-order valence-corrected chi connectivity index (χ0v) is 33.7. The second-order valence-electron chi connectivity index (χ2n) is 19.5. The van der Waals surface area contributed by atoms with Crippen LogP contribution in [0.5, 0.6) is 0 Å². The molecule has 0 aromatic carbocycles. The van der Waals surface area contributed by atoms with Gasteiger partial charge < -0.3 is 26.2 Å². The zero-order chi connectivity index (χ0) is 39.9. The maximum atomic E-state index is 15.0. The molecule has 1 unspecified atom stereocenters. The van der Waals surface area contributed by atoms with Gasteiger partial charge in [0.05, 0.1) is 12.1 Å². The van der Waals surface area contributed by atoms with Crippen molar-refractivity contribution in [3.63, 3.8) is 0 Å². The highest BCUT2D eigenvalue weighted by Gasteiger charge is 2.64. The monoisotopic (exact) mass is 764 g/mol. The second-order valence-corrected chi connectivity index (χ2v) is 19.5. The highest BCUT2D eigenvalue weighted by molar-refractivity contribution is 6.38. The van der Waals surface area contributed by atoms with E-state index < -0.39 is 58.6 Å². The van der Waals surface area contributed by atoms with Crippen molar-refractivity contribution < 1.29 is 33.6 Å². The Morgan fingerprint density at radius 3 is 2.13 bits per heavy atom. The van der Waals surface area contributed by atoms with E-state index in [1.54, 1.807) is 4.90 Å². The molecular weight excluding hydrogens is 700 g/mol. The summed E-state index contributed by atoms with van der Waals surface area (Å²) in [5.74, 6) is -2.49. The molecule has 4 aliphatic carbocycles. The minimum atomic E-state index is -0.991. The Balaban J connectivity index is 1.22. The first kappa shape index (κ1) is 40.9. The topological polar surface area (TPSA) is 174 Å². The molecule has 2 heterocycles. The van der Waals surface area contributed by atoms with Crippen molar-refractivity contribution in [2.24, 2.45) is 39.9 Å². The molecule has 0 bridgehead atoms. The van der Waals surface area contributed by atoms with Gasteiger partial charge in [-0.05, 0) is 84.9 Å². The second kappa shape index (κ2) is 16.0. The van der Waals surface area contributed by atoms with Crippen LogP contribution in [0.15, 0.2) is 12.7 Å². The first-order chi connectivity index (χ1) is 25.9. The van der Waals surface area contributed by atoms with E-state index in [-0.39, 0.29) is 72.7 Å². The summed E-state index contributed by atoms with van der Waals surface area (Å²) < 4.78 is 0. The lowest BCUT2D eigenvalue weighted by Gasteiger charge is -2.40. The number of nitrogens with one attached hydrogen (secondary N) is 4. The van der Waals surface area contributed by atoms with Crippen LogP contribution in [0, 0.1) is 39.9 Å². The summed E-state index contributed by atoms with van der Waals surface area (Å²) in [5, 5.41) is 11.6. The third-order valence-corrected chi connectivity index (χ3v) is 13.6. The SMILES string of the molecule is C=CCNC(=O)C(=O)C(CC1CC1)NC(=O)[C@@H]1[C@H]2CCC3(CC3)[C@H]2CN1C(=O)[C@@H](NC(=O)N[C@H](CN1C(=O)CC(C)(C)CC1=O)C(C)(C)C)C1CCCCC1. The van der Waals surface area contributed by atoms with Gasteiger partial charge in [0.25, 0.3) is 5.91 Å². The number of hydrogen-bond acceptors (Lipinski definition) is 7. The van der Waals surface area contributed by atoms with Crippen LogP contribution in [-0.4, -0.2) is 95.0 Å². The summed E-state index contributed by atoms with van der Waals surface area (Å²) in [6.07, 6.45) is 12.6. The predicted molar refractivity (Wildman–Crippen MR) is 206 cm³/mol. The third-order valence-electron chi connectivity index (χ3n) is 13.6. The molecule has 0 aromatic heterocycles. The van der Waals surface area contributed by atoms with E-state index in [0.29, 0.717) is 13.0 Å². The first-order valence-corrected chi connectivity index (χ1v) is 20.9. The average Bonchev–Trinajstić information content (AvgIpc) is 4.03.